The topological polar surface area (TPSA) is 32.3 Å². The minimum absolute atomic E-state index is 0.392. The third kappa shape index (κ3) is 3.94. The molecule has 3 rings (SSSR count). The molecule has 25 heavy (non-hydrogen) atoms. The summed E-state index contributed by atoms with van der Waals surface area (Å²) in [4.78, 5) is 14.3. The van der Waals surface area contributed by atoms with E-state index in [9.17, 15) is 13.6 Å². The lowest BCUT2D eigenvalue weighted by Crippen LogP contribution is -2.44. The van der Waals surface area contributed by atoms with Crippen molar-refractivity contribution in [1.82, 2.24) is 4.90 Å². The standard InChI is InChI=1S/C20H20F2N2O/c1-14(20(25)23-19-17(21)8-5-9-18(19)22)24-12-10-16(11-13-24)15-6-3-2-4-7-15/h2-10,14H,11-13H2,1H3,(H,23,25)/t14-/m0/s1. The van der Waals surface area contributed by atoms with Gasteiger partial charge in [0.1, 0.15) is 17.3 Å². The summed E-state index contributed by atoms with van der Waals surface area (Å²) in [7, 11) is 0. The molecule has 1 aliphatic rings. The van der Waals surface area contributed by atoms with Gasteiger partial charge >= 0.3 is 0 Å². The van der Waals surface area contributed by atoms with Gasteiger partial charge in [0, 0.05) is 13.1 Å². The summed E-state index contributed by atoms with van der Waals surface area (Å²) in [6.45, 7) is 3.09. The Kier molecular flexibility index (Phi) is 5.24. The predicted octanol–water partition coefficient (Wildman–Crippen LogP) is 4.08. The van der Waals surface area contributed by atoms with Crippen LogP contribution >= 0.6 is 0 Å². The van der Waals surface area contributed by atoms with Crippen LogP contribution in [0.2, 0.25) is 0 Å². The molecular formula is C20H20F2N2O. The molecule has 1 atom stereocenters. The van der Waals surface area contributed by atoms with E-state index in [1.165, 1.54) is 17.2 Å². The van der Waals surface area contributed by atoms with Crippen LogP contribution in [0.3, 0.4) is 0 Å². The Morgan fingerprint density at radius 2 is 1.76 bits per heavy atom. The first kappa shape index (κ1) is 17.3. The van der Waals surface area contributed by atoms with Crippen LogP contribution < -0.4 is 5.32 Å². The third-order valence-electron chi connectivity index (χ3n) is 4.52. The Labute approximate surface area is 146 Å². The maximum Gasteiger partial charge on any atom is 0.241 e. The van der Waals surface area contributed by atoms with Crippen LogP contribution in [0.4, 0.5) is 14.5 Å². The second-order valence-corrected chi connectivity index (χ2v) is 6.10. The zero-order chi connectivity index (χ0) is 17.8. The third-order valence-corrected chi connectivity index (χ3v) is 4.52. The van der Waals surface area contributed by atoms with Gasteiger partial charge in [-0.15, -0.1) is 0 Å². The Morgan fingerprint density at radius 1 is 1.08 bits per heavy atom. The van der Waals surface area contributed by atoms with E-state index in [-0.39, 0.29) is 0 Å². The lowest BCUT2D eigenvalue weighted by Gasteiger charge is -2.31. The molecule has 1 aliphatic heterocycles. The molecule has 0 saturated heterocycles. The number of hydrogen-bond donors (Lipinski definition) is 1. The van der Waals surface area contributed by atoms with Crippen molar-refractivity contribution in [2.45, 2.75) is 19.4 Å². The average Bonchev–Trinajstić information content (AvgIpc) is 2.65. The highest BCUT2D eigenvalue weighted by Crippen LogP contribution is 2.24. The smallest absolute Gasteiger partial charge is 0.241 e. The summed E-state index contributed by atoms with van der Waals surface area (Å²) in [5, 5.41) is 2.37. The lowest BCUT2D eigenvalue weighted by molar-refractivity contribution is -0.120. The Balaban J connectivity index is 1.65. The molecule has 130 valence electrons. The van der Waals surface area contributed by atoms with Crippen molar-refractivity contribution in [2.24, 2.45) is 0 Å². The van der Waals surface area contributed by atoms with Gasteiger partial charge in [0.2, 0.25) is 5.91 Å². The zero-order valence-electron chi connectivity index (χ0n) is 14.0. The van der Waals surface area contributed by atoms with E-state index in [0.717, 1.165) is 25.1 Å². The van der Waals surface area contributed by atoms with Gasteiger partial charge in [-0.1, -0.05) is 42.5 Å². The molecule has 0 saturated carbocycles. The summed E-state index contributed by atoms with van der Waals surface area (Å²) in [5.74, 6) is -1.96. The second-order valence-electron chi connectivity index (χ2n) is 6.10. The van der Waals surface area contributed by atoms with E-state index in [1.54, 1.807) is 6.92 Å². The van der Waals surface area contributed by atoms with Gasteiger partial charge in [0.25, 0.3) is 0 Å². The molecule has 2 aromatic carbocycles. The highest BCUT2D eigenvalue weighted by atomic mass is 19.1. The number of rotatable bonds is 4. The van der Waals surface area contributed by atoms with E-state index < -0.39 is 29.3 Å². The monoisotopic (exact) mass is 342 g/mol. The zero-order valence-corrected chi connectivity index (χ0v) is 14.0. The SMILES string of the molecule is C[C@@H](C(=O)Nc1c(F)cccc1F)N1CC=C(c2ccccc2)CC1. The van der Waals surface area contributed by atoms with E-state index in [4.69, 9.17) is 0 Å². The van der Waals surface area contributed by atoms with Crippen LogP contribution in [0.5, 0.6) is 0 Å². The fraction of sp³-hybridized carbons (Fsp3) is 0.250. The Bertz CT molecular complexity index is 769. The number of halogens is 2. The van der Waals surface area contributed by atoms with Gasteiger partial charge in [-0.3, -0.25) is 9.69 Å². The summed E-state index contributed by atoms with van der Waals surface area (Å²) >= 11 is 0. The van der Waals surface area contributed by atoms with E-state index in [0.29, 0.717) is 6.54 Å². The van der Waals surface area contributed by atoms with Gasteiger partial charge in [-0.25, -0.2) is 8.78 Å². The largest absolute Gasteiger partial charge is 0.320 e. The number of carbonyl (C=O) groups excluding carboxylic acids is 1. The molecule has 0 aromatic heterocycles. The molecule has 2 aromatic rings. The van der Waals surface area contributed by atoms with Crippen LogP contribution in [0.1, 0.15) is 18.9 Å². The number of nitrogens with zero attached hydrogens (tertiary/aromatic N) is 1. The molecule has 0 spiro atoms. The second kappa shape index (κ2) is 7.57. The van der Waals surface area contributed by atoms with Crippen LogP contribution in [0.25, 0.3) is 5.57 Å². The molecule has 1 N–H and O–H groups in total. The van der Waals surface area contributed by atoms with E-state index in [2.05, 4.69) is 23.5 Å². The van der Waals surface area contributed by atoms with Crippen molar-refractivity contribution in [2.75, 3.05) is 18.4 Å². The number of nitrogens with one attached hydrogen (secondary N) is 1. The minimum Gasteiger partial charge on any atom is -0.320 e. The van der Waals surface area contributed by atoms with Crippen molar-refractivity contribution >= 4 is 17.2 Å². The fourth-order valence-corrected chi connectivity index (χ4v) is 2.96. The molecule has 1 heterocycles. The fourth-order valence-electron chi connectivity index (χ4n) is 2.96. The van der Waals surface area contributed by atoms with Crippen LogP contribution in [0.15, 0.2) is 54.6 Å². The molecule has 5 heteroatoms. The van der Waals surface area contributed by atoms with Crippen molar-refractivity contribution in [3.63, 3.8) is 0 Å². The minimum atomic E-state index is -0.773. The van der Waals surface area contributed by atoms with Crippen molar-refractivity contribution in [1.29, 1.82) is 0 Å². The summed E-state index contributed by atoms with van der Waals surface area (Å²) in [6.07, 6.45) is 2.93. The lowest BCUT2D eigenvalue weighted by atomic mass is 9.99. The molecule has 1 amide bonds. The van der Waals surface area contributed by atoms with Crippen LogP contribution in [-0.2, 0) is 4.79 Å². The summed E-state index contributed by atoms with van der Waals surface area (Å²) < 4.78 is 27.4. The number of carbonyl (C=O) groups is 1. The molecule has 0 unspecified atom stereocenters. The van der Waals surface area contributed by atoms with Crippen molar-refractivity contribution in [3.8, 4) is 0 Å². The maximum atomic E-state index is 13.7. The predicted molar refractivity (Wildman–Crippen MR) is 95.1 cm³/mol. The summed E-state index contributed by atoms with van der Waals surface area (Å²) in [5.41, 5.74) is 2.05. The highest BCUT2D eigenvalue weighted by molar-refractivity contribution is 5.94. The number of para-hydroxylation sites is 1. The Morgan fingerprint density at radius 3 is 2.36 bits per heavy atom. The average molecular weight is 342 g/mol. The van der Waals surface area contributed by atoms with Crippen molar-refractivity contribution in [3.05, 3.63) is 71.8 Å². The normalized spacial score (nSPS) is 16.2. The van der Waals surface area contributed by atoms with Crippen LogP contribution in [0, 0.1) is 11.6 Å². The first-order valence-corrected chi connectivity index (χ1v) is 8.29. The Hall–Kier alpha value is -2.53. The summed E-state index contributed by atoms with van der Waals surface area (Å²) in [6, 6.07) is 13.2. The molecular weight excluding hydrogens is 322 g/mol. The first-order chi connectivity index (χ1) is 12.1. The van der Waals surface area contributed by atoms with Crippen LogP contribution in [-0.4, -0.2) is 29.9 Å². The molecule has 0 bridgehead atoms. The van der Waals surface area contributed by atoms with Gasteiger partial charge < -0.3 is 5.32 Å². The molecule has 3 nitrogen and oxygen atoms in total. The molecule has 0 aliphatic carbocycles. The van der Waals surface area contributed by atoms with Crippen molar-refractivity contribution < 1.29 is 13.6 Å². The molecule has 0 radical (unpaired) electrons. The number of amides is 1. The number of hydrogen-bond acceptors (Lipinski definition) is 2. The number of anilines is 1. The van der Waals surface area contributed by atoms with Gasteiger partial charge in [0.15, 0.2) is 0 Å². The van der Waals surface area contributed by atoms with Gasteiger partial charge in [-0.05, 0) is 36.6 Å². The number of benzene rings is 2. The maximum absolute atomic E-state index is 13.7. The van der Waals surface area contributed by atoms with E-state index in [1.807, 2.05) is 23.1 Å². The molecule has 0 fully saturated rings. The van der Waals surface area contributed by atoms with Gasteiger partial charge in [0.05, 0.1) is 6.04 Å². The highest BCUT2D eigenvalue weighted by Gasteiger charge is 2.24. The first-order valence-electron chi connectivity index (χ1n) is 8.29. The van der Waals surface area contributed by atoms with Gasteiger partial charge in [-0.2, -0.15) is 0 Å². The quantitative estimate of drug-likeness (QED) is 0.908. The van der Waals surface area contributed by atoms with E-state index >= 15 is 0 Å².